The quantitative estimate of drug-likeness (QED) is 0.847. The fourth-order valence-electron chi connectivity index (χ4n) is 1.69. The third-order valence-corrected chi connectivity index (χ3v) is 4.97. The number of rotatable bonds is 6. The van der Waals surface area contributed by atoms with Crippen molar-refractivity contribution < 1.29 is 8.42 Å². The van der Waals surface area contributed by atoms with Gasteiger partial charge in [0.1, 0.15) is 4.90 Å². The van der Waals surface area contributed by atoms with Crippen molar-refractivity contribution in [2.45, 2.75) is 44.2 Å². The third kappa shape index (κ3) is 3.28. The average Bonchev–Trinajstić information content (AvgIpc) is 2.38. The molecule has 1 heterocycles. The Balaban J connectivity index is 2.97. The van der Waals surface area contributed by atoms with Gasteiger partial charge in [-0.25, -0.2) is 8.42 Å². The molecule has 0 aromatic carbocycles. The molecule has 0 fully saturated rings. The second-order valence-electron chi connectivity index (χ2n) is 4.35. The Morgan fingerprint density at radius 1 is 1.44 bits per heavy atom. The predicted molar refractivity (Wildman–Crippen MR) is 71.4 cm³/mol. The molecule has 102 valence electrons. The van der Waals surface area contributed by atoms with Crippen LogP contribution in [0.25, 0.3) is 0 Å². The Labute approximate surface area is 109 Å². The maximum absolute atomic E-state index is 12.3. The van der Waals surface area contributed by atoms with Gasteiger partial charge in [-0.2, -0.15) is 4.31 Å². The van der Waals surface area contributed by atoms with Crippen LogP contribution >= 0.6 is 0 Å². The normalized spacial score (nSPS) is 13.8. The van der Waals surface area contributed by atoms with E-state index in [0.717, 1.165) is 12.8 Å². The molecule has 1 aromatic heterocycles. The fourth-order valence-corrected chi connectivity index (χ4v) is 3.02. The molecule has 2 N–H and O–H groups in total. The van der Waals surface area contributed by atoms with Gasteiger partial charge >= 0.3 is 0 Å². The number of sulfonamides is 1. The minimum absolute atomic E-state index is 0.0193. The van der Waals surface area contributed by atoms with E-state index < -0.39 is 10.0 Å². The second-order valence-corrected chi connectivity index (χ2v) is 6.35. The molecule has 5 nitrogen and oxygen atoms in total. The summed E-state index contributed by atoms with van der Waals surface area (Å²) in [4.78, 5) is 4.23. The van der Waals surface area contributed by atoms with E-state index in [2.05, 4.69) is 4.98 Å². The van der Waals surface area contributed by atoms with Gasteiger partial charge in [0.15, 0.2) is 0 Å². The molecule has 0 aliphatic rings. The maximum Gasteiger partial charge on any atom is 0.244 e. The highest BCUT2D eigenvalue weighted by molar-refractivity contribution is 7.89. The Morgan fingerprint density at radius 2 is 2.11 bits per heavy atom. The molecule has 0 radical (unpaired) electrons. The first-order chi connectivity index (χ1) is 8.43. The van der Waals surface area contributed by atoms with E-state index in [1.165, 1.54) is 10.5 Å². The minimum Gasteiger partial charge on any atom is -0.325 e. The Hall–Kier alpha value is -0.980. The van der Waals surface area contributed by atoms with Crippen LogP contribution in [0.2, 0.25) is 0 Å². The van der Waals surface area contributed by atoms with E-state index in [0.29, 0.717) is 12.2 Å². The first kappa shape index (κ1) is 15.1. The number of nitrogens with zero attached hydrogens (tertiary/aromatic N) is 2. The van der Waals surface area contributed by atoms with Gasteiger partial charge in [-0.05, 0) is 25.5 Å². The van der Waals surface area contributed by atoms with Gasteiger partial charge in [-0.3, -0.25) is 4.98 Å². The van der Waals surface area contributed by atoms with E-state index in [1.54, 1.807) is 19.2 Å². The maximum atomic E-state index is 12.3. The van der Waals surface area contributed by atoms with Crippen molar-refractivity contribution >= 4 is 10.0 Å². The summed E-state index contributed by atoms with van der Waals surface area (Å²) in [6, 6.07) is 3.18. The van der Waals surface area contributed by atoms with Crippen molar-refractivity contribution in [1.82, 2.24) is 9.29 Å². The smallest absolute Gasteiger partial charge is 0.244 e. The number of nitrogens with two attached hydrogens (primary N) is 1. The van der Waals surface area contributed by atoms with Crippen LogP contribution in [0.3, 0.4) is 0 Å². The van der Waals surface area contributed by atoms with Crippen molar-refractivity contribution in [3.05, 3.63) is 24.0 Å². The lowest BCUT2D eigenvalue weighted by molar-refractivity contribution is 0.368. The Morgan fingerprint density at radius 3 is 2.56 bits per heavy atom. The number of hydrogen-bond donors (Lipinski definition) is 1. The summed E-state index contributed by atoms with van der Waals surface area (Å²) in [6.07, 6.45) is 3.15. The number of hydrogen-bond acceptors (Lipinski definition) is 4. The van der Waals surface area contributed by atoms with Gasteiger partial charge in [0.25, 0.3) is 0 Å². The average molecular weight is 271 g/mol. The van der Waals surface area contributed by atoms with Crippen molar-refractivity contribution in [3.63, 3.8) is 0 Å². The zero-order valence-electron chi connectivity index (χ0n) is 11.1. The molecule has 0 saturated heterocycles. The molecule has 6 heteroatoms. The van der Waals surface area contributed by atoms with Crippen LogP contribution in [0.1, 0.15) is 32.4 Å². The fraction of sp³-hybridized carbons (Fsp3) is 0.583. The van der Waals surface area contributed by atoms with Crippen LogP contribution in [0.15, 0.2) is 23.2 Å². The van der Waals surface area contributed by atoms with Crippen molar-refractivity contribution in [2.75, 3.05) is 7.05 Å². The largest absolute Gasteiger partial charge is 0.325 e. The topological polar surface area (TPSA) is 76.3 Å². The molecule has 1 rings (SSSR count). The van der Waals surface area contributed by atoms with Crippen LogP contribution in [-0.2, 0) is 16.6 Å². The second kappa shape index (κ2) is 6.26. The van der Waals surface area contributed by atoms with Crippen molar-refractivity contribution in [2.24, 2.45) is 5.73 Å². The molecular weight excluding hydrogens is 250 g/mol. The van der Waals surface area contributed by atoms with Crippen molar-refractivity contribution in [1.29, 1.82) is 0 Å². The zero-order valence-corrected chi connectivity index (χ0v) is 11.9. The molecule has 1 atom stereocenters. The lowest BCUT2D eigenvalue weighted by atomic mass is 10.2. The number of pyridine rings is 1. The zero-order chi connectivity index (χ0) is 13.8. The van der Waals surface area contributed by atoms with Gasteiger partial charge in [0, 0.05) is 25.8 Å². The van der Waals surface area contributed by atoms with Gasteiger partial charge < -0.3 is 5.73 Å². The van der Waals surface area contributed by atoms with E-state index in [4.69, 9.17) is 5.73 Å². The Bertz CT molecular complexity index is 471. The van der Waals surface area contributed by atoms with Crippen LogP contribution in [-0.4, -0.2) is 30.8 Å². The predicted octanol–water partition coefficient (Wildman–Crippen LogP) is 1.35. The third-order valence-electron chi connectivity index (χ3n) is 3.01. The van der Waals surface area contributed by atoms with E-state index in [-0.39, 0.29) is 10.9 Å². The summed E-state index contributed by atoms with van der Waals surface area (Å²) in [5, 5.41) is 0. The van der Waals surface area contributed by atoms with Gasteiger partial charge in [0.05, 0.1) is 5.69 Å². The summed E-state index contributed by atoms with van der Waals surface area (Å²) in [5.41, 5.74) is 6.11. The summed E-state index contributed by atoms with van der Waals surface area (Å²) in [7, 11) is -1.85. The summed E-state index contributed by atoms with van der Waals surface area (Å²) >= 11 is 0. The molecule has 0 spiro atoms. The van der Waals surface area contributed by atoms with Crippen molar-refractivity contribution in [3.8, 4) is 0 Å². The van der Waals surface area contributed by atoms with E-state index in [9.17, 15) is 8.42 Å². The van der Waals surface area contributed by atoms with E-state index >= 15 is 0 Å². The van der Waals surface area contributed by atoms with Crippen LogP contribution < -0.4 is 5.73 Å². The first-order valence-corrected chi connectivity index (χ1v) is 7.50. The lowest BCUT2D eigenvalue weighted by Crippen LogP contribution is -2.35. The standard InChI is InChI=1S/C12H21N3O2S/c1-4-5-10(2)15(3)18(16,17)12-7-6-11(8-13)14-9-12/h6-7,9-10H,4-5,8,13H2,1-3H3. The molecule has 0 aliphatic heterocycles. The molecule has 1 unspecified atom stereocenters. The molecule has 0 saturated carbocycles. The van der Waals surface area contributed by atoms with Crippen LogP contribution in [0.5, 0.6) is 0 Å². The molecular formula is C12H21N3O2S. The Kier molecular flexibility index (Phi) is 5.25. The molecule has 0 amide bonds. The highest BCUT2D eigenvalue weighted by atomic mass is 32.2. The highest BCUT2D eigenvalue weighted by Gasteiger charge is 2.24. The monoisotopic (exact) mass is 271 g/mol. The highest BCUT2D eigenvalue weighted by Crippen LogP contribution is 2.17. The van der Waals surface area contributed by atoms with Gasteiger partial charge in [0.2, 0.25) is 10.0 Å². The molecule has 0 aliphatic carbocycles. The van der Waals surface area contributed by atoms with Gasteiger partial charge in [-0.1, -0.05) is 13.3 Å². The summed E-state index contributed by atoms with van der Waals surface area (Å²) in [6.45, 7) is 4.25. The molecule has 18 heavy (non-hydrogen) atoms. The SMILES string of the molecule is CCCC(C)N(C)S(=O)(=O)c1ccc(CN)nc1. The molecule has 1 aromatic rings. The minimum atomic E-state index is -3.46. The van der Waals surface area contributed by atoms with Crippen LogP contribution in [0, 0.1) is 0 Å². The molecule has 0 bridgehead atoms. The van der Waals surface area contributed by atoms with E-state index in [1.807, 2.05) is 13.8 Å². The van der Waals surface area contributed by atoms with Gasteiger partial charge in [-0.15, -0.1) is 0 Å². The number of aromatic nitrogens is 1. The first-order valence-electron chi connectivity index (χ1n) is 6.06. The lowest BCUT2D eigenvalue weighted by Gasteiger charge is -2.23. The summed E-state index contributed by atoms with van der Waals surface area (Å²) in [5.74, 6) is 0. The summed E-state index contributed by atoms with van der Waals surface area (Å²) < 4.78 is 26.0. The van der Waals surface area contributed by atoms with Crippen LogP contribution in [0.4, 0.5) is 0 Å².